The summed E-state index contributed by atoms with van der Waals surface area (Å²) in [4.78, 5) is 12.8. The SMILES string of the molecule is C=CC(C(=O)O)N1CCSSCC1. The van der Waals surface area contributed by atoms with Gasteiger partial charge in [0.2, 0.25) is 0 Å². The summed E-state index contributed by atoms with van der Waals surface area (Å²) in [6.07, 6.45) is 1.50. The molecule has 1 N–H and O–H groups in total. The summed E-state index contributed by atoms with van der Waals surface area (Å²) in [5.41, 5.74) is 0. The highest BCUT2D eigenvalue weighted by Crippen LogP contribution is 2.24. The molecular formula is C8H13NO2S2. The van der Waals surface area contributed by atoms with E-state index < -0.39 is 12.0 Å². The van der Waals surface area contributed by atoms with Crippen molar-refractivity contribution in [3.63, 3.8) is 0 Å². The Hall–Kier alpha value is -0.130. The molecule has 3 nitrogen and oxygen atoms in total. The molecule has 0 aromatic carbocycles. The second-order valence-corrected chi connectivity index (χ2v) is 5.40. The summed E-state index contributed by atoms with van der Waals surface area (Å²) in [7, 11) is 3.61. The zero-order valence-corrected chi connectivity index (χ0v) is 8.94. The average molecular weight is 219 g/mol. The highest BCUT2D eigenvalue weighted by Gasteiger charge is 2.22. The van der Waals surface area contributed by atoms with Gasteiger partial charge < -0.3 is 5.11 Å². The Kier molecular flexibility index (Phi) is 4.69. The molecule has 0 radical (unpaired) electrons. The molecule has 1 heterocycles. The molecule has 1 unspecified atom stereocenters. The topological polar surface area (TPSA) is 40.5 Å². The minimum absolute atomic E-state index is 0.515. The van der Waals surface area contributed by atoms with E-state index in [-0.39, 0.29) is 0 Å². The molecule has 1 aliphatic heterocycles. The van der Waals surface area contributed by atoms with Gasteiger partial charge in [0.25, 0.3) is 0 Å². The molecule has 0 spiro atoms. The quantitative estimate of drug-likeness (QED) is 0.573. The van der Waals surface area contributed by atoms with Crippen molar-refractivity contribution in [1.82, 2.24) is 4.90 Å². The maximum absolute atomic E-state index is 10.8. The third-order valence-electron chi connectivity index (χ3n) is 1.88. The van der Waals surface area contributed by atoms with Crippen LogP contribution in [0.2, 0.25) is 0 Å². The first kappa shape index (κ1) is 10.9. The molecule has 1 fully saturated rings. The lowest BCUT2D eigenvalue weighted by Gasteiger charge is -2.23. The molecule has 1 saturated heterocycles. The third kappa shape index (κ3) is 3.25. The molecule has 0 aliphatic carbocycles. The van der Waals surface area contributed by atoms with Crippen LogP contribution in [0.25, 0.3) is 0 Å². The van der Waals surface area contributed by atoms with Crippen LogP contribution in [0.15, 0.2) is 12.7 Å². The van der Waals surface area contributed by atoms with Crippen LogP contribution in [0.5, 0.6) is 0 Å². The molecule has 1 rings (SSSR count). The number of aliphatic carboxylic acids is 1. The van der Waals surface area contributed by atoms with E-state index in [1.807, 2.05) is 4.90 Å². The first-order valence-electron chi connectivity index (χ1n) is 4.09. The van der Waals surface area contributed by atoms with Gasteiger partial charge in [0.15, 0.2) is 0 Å². The molecule has 0 aromatic rings. The van der Waals surface area contributed by atoms with Crippen LogP contribution in [0, 0.1) is 0 Å². The lowest BCUT2D eigenvalue weighted by atomic mass is 10.2. The van der Waals surface area contributed by atoms with Crippen molar-refractivity contribution < 1.29 is 9.90 Å². The zero-order chi connectivity index (χ0) is 9.68. The fourth-order valence-corrected chi connectivity index (χ4v) is 3.23. The number of hydrogen-bond donors (Lipinski definition) is 1. The summed E-state index contributed by atoms with van der Waals surface area (Å²) in [5.74, 6) is 1.18. The summed E-state index contributed by atoms with van der Waals surface area (Å²) >= 11 is 0. The number of nitrogens with zero attached hydrogens (tertiary/aromatic N) is 1. The molecule has 13 heavy (non-hydrogen) atoms. The Labute approximate surface area is 86.0 Å². The van der Waals surface area contributed by atoms with Gasteiger partial charge in [-0.05, 0) is 0 Å². The molecule has 1 atom stereocenters. The zero-order valence-electron chi connectivity index (χ0n) is 7.31. The summed E-state index contributed by atoms with van der Waals surface area (Å²) in [5, 5.41) is 8.89. The van der Waals surface area contributed by atoms with Crippen LogP contribution < -0.4 is 0 Å². The first-order chi connectivity index (χ1) is 6.25. The molecule has 74 valence electrons. The summed E-state index contributed by atoms with van der Waals surface area (Å²) in [6, 6.07) is -0.515. The van der Waals surface area contributed by atoms with Crippen LogP contribution in [0.3, 0.4) is 0 Å². The number of carboxylic acids is 1. The van der Waals surface area contributed by atoms with E-state index in [4.69, 9.17) is 5.11 Å². The van der Waals surface area contributed by atoms with Gasteiger partial charge in [0, 0.05) is 24.6 Å². The Morgan fingerprint density at radius 1 is 1.46 bits per heavy atom. The van der Waals surface area contributed by atoms with E-state index in [0.29, 0.717) is 0 Å². The normalized spacial score (nSPS) is 21.8. The van der Waals surface area contributed by atoms with E-state index in [0.717, 1.165) is 24.6 Å². The van der Waals surface area contributed by atoms with Gasteiger partial charge in [-0.25, -0.2) is 0 Å². The molecule has 0 amide bonds. The van der Waals surface area contributed by atoms with Crippen molar-refractivity contribution in [1.29, 1.82) is 0 Å². The maximum atomic E-state index is 10.8. The van der Waals surface area contributed by atoms with Crippen molar-refractivity contribution in [2.45, 2.75) is 6.04 Å². The van der Waals surface area contributed by atoms with Crippen molar-refractivity contribution in [3.8, 4) is 0 Å². The van der Waals surface area contributed by atoms with Gasteiger partial charge >= 0.3 is 5.97 Å². The number of hydrogen-bond acceptors (Lipinski definition) is 4. The Morgan fingerprint density at radius 2 is 2.00 bits per heavy atom. The predicted molar refractivity (Wildman–Crippen MR) is 58.1 cm³/mol. The predicted octanol–water partition coefficient (Wildman–Crippen LogP) is 1.32. The minimum Gasteiger partial charge on any atom is -0.480 e. The van der Waals surface area contributed by atoms with Crippen LogP contribution >= 0.6 is 21.6 Å². The van der Waals surface area contributed by atoms with E-state index in [1.165, 1.54) is 6.08 Å². The molecule has 0 aromatic heterocycles. The van der Waals surface area contributed by atoms with Gasteiger partial charge in [-0.15, -0.1) is 6.58 Å². The third-order valence-corrected chi connectivity index (χ3v) is 4.24. The largest absolute Gasteiger partial charge is 0.480 e. The fraction of sp³-hybridized carbons (Fsp3) is 0.625. The van der Waals surface area contributed by atoms with Gasteiger partial charge in [0.1, 0.15) is 6.04 Å². The van der Waals surface area contributed by atoms with Gasteiger partial charge in [-0.3, -0.25) is 9.69 Å². The molecule has 0 bridgehead atoms. The Bertz CT molecular complexity index is 191. The van der Waals surface area contributed by atoms with E-state index in [2.05, 4.69) is 6.58 Å². The average Bonchev–Trinajstić information content (AvgIpc) is 2.33. The van der Waals surface area contributed by atoms with Gasteiger partial charge in [-0.2, -0.15) is 0 Å². The monoisotopic (exact) mass is 219 g/mol. The second kappa shape index (κ2) is 5.57. The highest BCUT2D eigenvalue weighted by atomic mass is 33.1. The van der Waals surface area contributed by atoms with Gasteiger partial charge in [0.05, 0.1) is 0 Å². The molecule has 5 heteroatoms. The smallest absolute Gasteiger partial charge is 0.324 e. The van der Waals surface area contributed by atoms with Crippen LogP contribution in [0.1, 0.15) is 0 Å². The Morgan fingerprint density at radius 3 is 2.38 bits per heavy atom. The van der Waals surface area contributed by atoms with Crippen molar-refractivity contribution >= 4 is 27.6 Å². The van der Waals surface area contributed by atoms with E-state index >= 15 is 0 Å². The van der Waals surface area contributed by atoms with Crippen molar-refractivity contribution in [2.24, 2.45) is 0 Å². The molecular weight excluding hydrogens is 206 g/mol. The standard InChI is InChI=1S/C8H13NO2S2/c1-2-7(8(10)11)9-3-5-12-13-6-4-9/h2,7H,1,3-6H2,(H,10,11). The highest BCUT2D eigenvalue weighted by molar-refractivity contribution is 8.76. The fourth-order valence-electron chi connectivity index (χ4n) is 1.22. The number of carboxylic acid groups (broad SMARTS) is 1. The van der Waals surface area contributed by atoms with Crippen LogP contribution in [-0.4, -0.2) is 46.6 Å². The lowest BCUT2D eigenvalue weighted by Crippen LogP contribution is -2.41. The first-order valence-corrected chi connectivity index (χ1v) is 6.58. The van der Waals surface area contributed by atoms with Crippen LogP contribution in [0.4, 0.5) is 0 Å². The summed E-state index contributed by atoms with van der Waals surface area (Å²) in [6.45, 7) is 5.22. The number of carbonyl (C=O) groups is 1. The van der Waals surface area contributed by atoms with E-state index in [1.54, 1.807) is 21.6 Å². The second-order valence-electron chi connectivity index (χ2n) is 2.70. The van der Waals surface area contributed by atoms with Crippen molar-refractivity contribution in [3.05, 3.63) is 12.7 Å². The number of rotatable bonds is 3. The molecule has 0 saturated carbocycles. The van der Waals surface area contributed by atoms with Crippen molar-refractivity contribution in [2.75, 3.05) is 24.6 Å². The molecule has 1 aliphatic rings. The van der Waals surface area contributed by atoms with Gasteiger partial charge in [-0.1, -0.05) is 27.7 Å². The minimum atomic E-state index is -0.799. The van der Waals surface area contributed by atoms with Crippen LogP contribution in [-0.2, 0) is 4.79 Å². The summed E-state index contributed by atoms with van der Waals surface area (Å²) < 4.78 is 0. The lowest BCUT2D eigenvalue weighted by molar-refractivity contribution is -0.141. The Balaban J connectivity index is 2.55. The maximum Gasteiger partial charge on any atom is 0.324 e. The van der Waals surface area contributed by atoms with E-state index in [9.17, 15) is 4.79 Å².